The van der Waals surface area contributed by atoms with Crippen LogP contribution in [0.3, 0.4) is 0 Å². The molecule has 3 heteroatoms. The number of benzene rings is 1. The Kier molecular flexibility index (Phi) is 4.91. The van der Waals surface area contributed by atoms with Gasteiger partial charge in [-0.3, -0.25) is 10.2 Å². The fourth-order valence-corrected chi connectivity index (χ4v) is 1.86. The number of hydrogen-bond acceptors (Lipinski definition) is 2. The Morgan fingerprint density at radius 3 is 2.22 bits per heavy atom. The van der Waals surface area contributed by atoms with E-state index in [-0.39, 0.29) is 17.4 Å². The van der Waals surface area contributed by atoms with E-state index in [1.807, 2.05) is 31.2 Å². The molecule has 100 valence electrons. The van der Waals surface area contributed by atoms with Crippen LogP contribution in [0.5, 0.6) is 0 Å². The van der Waals surface area contributed by atoms with Crippen LogP contribution in [0.4, 0.5) is 0 Å². The van der Waals surface area contributed by atoms with Crippen molar-refractivity contribution in [3.8, 4) is 0 Å². The van der Waals surface area contributed by atoms with Crippen molar-refractivity contribution in [3.05, 3.63) is 35.4 Å². The highest BCUT2D eigenvalue weighted by Crippen LogP contribution is 2.20. The zero-order chi connectivity index (χ0) is 13.8. The van der Waals surface area contributed by atoms with E-state index in [1.54, 1.807) is 0 Å². The van der Waals surface area contributed by atoms with Gasteiger partial charge in [0.05, 0.1) is 0 Å². The highest BCUT2D eigenvalue weighted by atomic mass is 16.2. The van der Waals surface area contributed by atoms with E-state index in [0.29, 0.717) is 5.56 Å². The Morgan fingerprint density at radius 2 is 1.78 bits per heavy atom. The van der Waals surface area contributed by atoms with Crippen LogP contribution in [0, 0.1) is 12.3 Å². The summed E-state index contributed by atoms with van der Waals surface area (Å²) in [5, 5.41) is 0. The van der Waals surface area contributed by atoms with Crippen molar-refractivity contribution in [1.29, 1.82) is 0 Å². The minimum absolute atomic E-state index is 0.0855. The predicted molar refractivity (Wildman–Crippen MR) is 75.3 cm³/mol. The molecule has 1 unspecified atom stereocenters. The molecule has 2 N–H and O–H groups in total. The second-order valence-corrected chi connectivity index (χ2v) is 5.79. The summed E-state index contributed by atoms with van der Waals surface area (Å²) < 4.78 is 0. The smallest absolute Gasteiger partial charge is 0.265 e. The molecular weight excluding hydrogens is 224 g/mol. The normalized spacial score (nSPS) is 13.2. The lowest BCUT2D eigenvalue weighted by Gasteiger charge is -2.30. The predicted octanol–water partition coefficient (Wildman–Crippen LogP) is 3.05. The van der Waals surface area contributed by atoms with Crippen LogP contribution < -0.4 is 10.9 Å². The van der Waals surface area contributed by atoms with E-state index in [4.69, 9.17) is 0 Å². The fourth-order valence-electron chi connectivity index (χ4n) is 1.86. The van der Waals surface area contributed by atoms with Crippen LogP contribution in [0.15, 0.2) is 24.3 Å². The molecule has 1 aromatic rings. The SMILES string of the molecule is CCC(NNC(=O)c1ccc(C)cc1)C(C)(C)C. The lowest BCUT2D eigenvalue weighted by molar-refractivity contribution is 0.0906. The summed E-state index contributed by atoms with van der Waals surface area (Å²) in [5.41, 5.74) is 7.86. The van der Waals surface area contributed by atoms with Gasteiger partial charge in [0.25, 0.3) is 5.91 Å². The van der Waals surface area contributed by atoms with Gasteiger partial charge in [-0.15, -0.1) is 0 Å². The second kappa shape index (κ2) is 6.01. The minimum Gasteiger partial charge on any atom is -0.287 e. The number of nitrogens with one attached hydrogen (secondary N) is 2. The van der Waals surface area contributed by atoms with Gasteiger partial charge < -0.3 is 0 Å². The van der Waals surface area contributed by atoms with Crippen molar-refractivity contribution in [2.45, 2.75) is 47.1 Å². The summed E-state index contributed by atoms with van der Waals surface area (Å²) in [6.07, 6.45) is 0.970. The highest BCUT2D eigenvalue weighted by molar-refractivity contribution is 5.93. The first kappa shape index (κ1) is 14.7. The highest BCUT2D eigenvalue weighted by Gasteiger charge is 2.23. The molecule has 1 rings (SSSR count). The Morgan fingerprint density at radius 1 is 1.22 bits per heavy atom. The molecule has 1 amide bonds. The van der Waals surface area contributed by atoms with Gasteiger partial charge in [0, 0.05) is 11.6 Å². The molecule has 1 aromatic carbocycles. The van der Waals surface area contributed by atoms with Crippen LogP contribution in [-0.2, 0) is 0 Å². The molecule has 0 bridgehead atoms. The number of amides is 1. The first-order chi connectivity index (χ1) is 8.34. The van der Waals surface area contributed by atoms with Crippen molar-refractivity contribution in [2.24, 2.45) is 5.41 Å². The van der Waals surface area contributed by atoms with Crippen molar-refractivity contribution < 1.29 is 4.79 Å². The van der Waals surface area contributed by atoms with Gasteiger partial charge in [-0.05, 0) is 30.9 Å². The van der Waals surface area contributed by atoms with Crippen LogP contribution >= 0.6 is 0 Å². The Bertz CT molecular complexity index is 390. The molecular formula is C15H24N2O. The lowest BCUT2D eigenvalue weighted by atomic mass is 9.86. The van der Waals surface area contributed by atoms with Crippen LogP contribution in [0.1, 0.15) is 50.0 Å². The number of rotatable bonds is 4. The van der Waals surface area contributed by atoms with Crippen LogP contribution in [-0.4, -0.2) is 11.9 Å². The fraction of sp³-hybridized carbons (Fsp3) is 0.533. The summed E-state index contributed by atoms with van der Waals surface area (Å²) in [6.45, 7) is 10.6. The van der Waals surface area contributed by atoms with Gasteiger partial charge in [-0.2, -0.15) is 0 Å². The molecule has 0 aliphatic heterocycles. The third-order valence-corrected chi connectivity index (χ3v) is 3.13. The minimum atomic E-state index is -0.0855. The summed E-state index contributed by atoms with van der Waals surface area (Å²) in [6, 6.07) is 7.81. The molecule has 0 spiro atoms. The van der Waals surface area contributed by atoms with Crippen LogP contribution in [0.2, 0.25) is 0 Å². The van der Waals surface area contributed by atoms with E-state index in [2.05, 4.69) is 38.5 Å². The van der Waals surface area contributed by atoms with E-state index in [1.165, 1.54) is 0 Å². The van der Waals surface area contributed by atoms with Gasteiger partial charge in [0.2, 0.25) is 0 Å². The van der Waals surface area contributed by atoms with Crippen molar-refractivity contribution in [2.75, 3.05) is 0 Å². The van der Waals surface area contributed by atoms with Gasteiger partial charge in [-0.1, -0.05) is 45.4 Å². The average molecular weight is 248 g/mol. The Balaban J connectivity index is 2.58. The van der Waals surface area contributed by atoms with E-state index < -0.39 is 0 Å². The largest absolute Gasteiger partial charge is 0.287 e. The second-order valence-electron chi connectivity index (χ2n) is 5.79. The summed E-state index contributed by atoms with van der Waals surface area (Å²) >= 11 is 0. The third-order valence-electron chi connectivity index (χ3n) is 3.13. The lowest BCUT2D eigenvalue weighted by Crippen LogP contribution is -2.49. The number of aryl methyl sites for hydroxylation is 1. The van der Waals surface area contributed by atoms with Gasteiger partial charge >= 0.3 is 0 Å². The molecule has 1 atom stereocenters. The number of hydrazine groups is 1. The molecule has 0 aliphatic carbocycles. The van der Waals surface area contributed by atoms with Gasteiger partial charge in [0.15, 0.2) is 0 Å². The van der Waals surface area contributed by atoms with E-state index in [0.717, 1.165) is 12.0 Å². The molecule has 0 aliphatic rings. The Labute approximate surface area is 110 Å². The maximum atomic E-state index is 11.9. The van der Waals surface area contributed by atoms with E-state index in [9.17, 15) is 4.79 Å². The zero-order valence-electron chi connectivity index (χ0n) is 12.0. The van der Waals surface area contributed by atoms with Crippen LogP contribution in [0.25, 0.3) is 0 Å². The first-order valence-corrected chi connectivity index (χ1v) is 6.47. The average Bonchev–Trinajstić information content (AvgIpc) is 2.28. The first-order valence-electron chi connectivity index (χ1n) is 6.47. The van der Waals surface area contributed by atoms with Gasteiger partial charge in [0.1, 0.15) is 0 Å². The van der Waals surface area contributed by atoms with E-state index >= 15 is 0 Å². The molecule has 18 heavy (non-hydrogen) atoms. The molecule has 0 aromatic heterocycles. The molecule has 0 radical (unpaired) electrons. The van der Waals surface area contributed by atoms with Crippen molar-refractivity contribution in [3.63, 3.8) is 0 Å². The Hall–Kier alpha value is -1.35. The number of hydrogen-bond donors (Lipinski definition) is 2. The maximum Gasteiger partial charge on any atom is 0.265 e. The summed E-state index contributed by atoms with van der Waals surface area (Å²) in [7, 11) is 0. The topological polar surface area (TPSA) is 41.1 Å². The summed E-state index contributed by atoms with van der Waals surface area (Å²) in [5.74, 6) is -0.0855. The molecule has 3 nitrogen and oxygen atoms in total. The molecule has 0 fully saturated rings. The number of carbonyl (C=O) groups excluding carboxylic acids is 1. The monoisotopic (exact) mass is 248 g/mol. The maximum absolute atomic E-state index is 11.9. The van der Waals surface area contributed by atoms with Crippen molar-refractivity contribution in [1.82, 2.24) is 10.9 Å². The quantitative estimate of drug-likeness (QED) is 0.804. The summed E-state index contributed by atoms with van der Waals surface area (Å²) in [4.78, 5) is 11.9. The van der Waals surface area contributed by atoms with Crippen molar-refractivity contribution >= 4 is 5.91 Å². The standard InChI is InChI=1S/C15H24N2O/c1-6-13(15(3,4)5)16-17-14(18)12-9-7-11(2)8-10-12/h7-10,13,16H,6H2,1-5H3,(H,17,18). The molecule has 0 heterocycles. The van der Waals surface area contributed by atoms with Gasteiger partial charge in [-0.25, -0.2) is 5.43 Å². The molecule has 0 saturated carbocycles. The number of carbonyl (C=O) groups is 1. The zero-order valence-corrected chi connectivity index (χ0v) is 12.0. The third kappa shape index (κ3) is 4.15. The molecule has 0 saturated heterocycles.